The van der Waals surface area contributed by atoms with E-state index >= 15 is 0 Å². The van der Waals surface area contributed by atoms with Crippen LogP contribution in [0.4, 0.5) is 0 Å². The van der Waals surface area contributed by atoms with Gasteiger partial charge in [-0.25, -0.2) is 4.79 Å². The fourth-order valence-corrected chi connectivity index (χ4v) is 4.91. The molecule has 3 aliphatic carbocycles. The van der Waals surface area contributed by atoms with Gasteiger partial charge in [0.2, 0.25) is 0 Å². The van der Waals surface area contributed by atoms with Crippen LogP contribution in [0, 0.1) is 17.8 Å². The molecule has 0 aromatic carbocycles. The molecule has 104 valence electrons. The number of hydrogen-bond acceptors (Lipinski definition) is 4. The van der Waals surface area contributed by atoms with Crippen LogP contribution < -0.4 is 0 Å². The van der Waals surface area contributed by atoms with Crippen molar-refractivity contribution in [2.75, 3.05) is 6.79 Å². The van der Waals surface area contributed by atoms with Crippen molar-refractivity contribution in [1.82, 2.24) is 0 Å². The Labute approximate surface area is 113 Å². The topological polar surface area (TPSA) is 48.1 Å². The van der Waals surface area contributed by atoms with E-state index in [-0.39, 0.29) is 24.5 Å². The number of ether oxygens (including phenoxy) is 3. The first kappa shape index (κ1) is 11.9. The maximum absolute atomic E-state index is 11.3. The lowest BCUT2D eigenvalue weighted by Crippen LogP contribution is -2.39. The number of rotatable bonds is 4. The van der Waals surface area contributed by atoms with E-state index in [1.54, 1.807) is 6.92 Å². The van der Waals surface area contributed by atoms with Gasteiger partial charge in [0.05, 0.1) is 12.2 Å². The summed E-state index contributed by atoms with van der Waals surface area (Å²) >= 11 is 0. The molecular formula is C15H20O4. The van der Waals surface area contributed by atoms with E-state index < -0.39 is 0 Å². The lowest BCUT2D eigenvalue weighted by Gasteiger charge is -2.31. The van der Waals surface area contributed by atoms with Gasteiger partial charge < -0.3 is 14.2 Å². The van der Waals surface area contributed by atoms with Gasteiger partial charge >= 0.3 is 5.97 Å². The lowest BCUT2D eigenvalue weighted by atomic mass is 9.79. The van der Waals surface area contributed by atoms with Crippen LogP contribution in [0.5, 0.6) is 0 Å². The molecule has 4 aliphatic rings. The van der Waals surface area contributed by atoms with Crippen molar-refractivity contribution in [2.45, 2.75) is 50.4 Å². The molecule has 0 radical (unpaired) electrons. The van der Waals surface area contributed by atoms with Gasteiger partial charge in [-0.1, -0.05) is 6.58 Å². The first-order valence-electron chi connectivity index (χ1n) is 7.25. The van der Waals surface area contributed by atoms with E-state index in [2.05, 4.69) is 6.58 Å². The summed E-state index contributed by atoms with van der Waals surface area (Å²) in [7, 11) is 0. The van der Waals surface area contributed by atoms with Gasteiger partial charge in [-0.15, -0.1) is 0 Å². The van der Waals surface area contributed by atoms with Crippen molar-refractivity contribution >= 4 is 5.97 Å². The molecule has 19 heavy (non-hydrogen) atoms. The largest absolute Gasteiger partial charge is 0.435 e. The quantitative estimate of drug-likeness (QED) is 0.337. The second kappa shape index (κ2) is 3.83. The first-order valence-corrected chi connectivity index (χ1v) is 7.25. The van der Waals surface area contributed by atoms with Gasteiger partial charge in [0.15, 0.2) is 6.79 Å². The van der Waals surface area contributed by atoms with Crippen LogP contribution in [0.3, 0.4) is 0 Å². The Balaban J connectivity index is 1.35. The standard InChI is InChI=1S/C15H20O4/c1-8(2)14(16)18-7-17-12-6-9-5-11(12)15-10(9)3-4-13(15)19-15/h9-13H,1,3-7H2,2H3. The number of carbonyl (C=O) groups excluding carboxylic acids is 1. The van der Waals surface area contributed by atoms with Crippen molar-refractivity contribution in [3.63, 3.8) is 0 Å². The van der Waals surface area contributed by atoms with Crippen molar-refractivity contribution in [1.29, 1.82) is 0 Å². The smallest absolute Gasteiger partial charge is 0.335 e. The summed E-state index contributed by atoms with van der Waals surface area (Å²) in [5, 5.41) is 0. The molecule has 6 atom stereocenters. The summed E-state index contributed by atoms with van der Waals surface area (Å²) < 4.78 is 16.8. The minimum Gasteiger partial charge on any atom is -0.435 e. The van der Waals surface area contributed by atoms with Crippen LogP contribution in [0.15, 0.2) is 12.2 Å². The number of epoxide rings is 1. The zero-order valence-corrected chi connectivity index (χ0v) is 11.3. The highest BCUT2D eigenvalue weighted by atomic mass is 16.7. The van der Waals surface area contributed by atoms with Crippen LogP contribution in [0.2, 0.25) is 0 Å². The Hall–Kier alpha value is -0.870. The van der Waals surface area contributed by atoms with Crippen molar-refractivity contribution in [2.24, 2.45) is 17.8 Å². The Morgan fingerprint density at radius 1 is 1.37 bits per heavy atom. The molecular weight excluding hydrogens is 244 g/mol. The zero-order chi connectivity index (χ0) is 13.2. The third-order valence-corrected chi connectivity index (χ3v) is 5.62. The van der Waals surface area contributed by atoms with E-state index in [0.29, 0.717) is 17.6 Å². The van der Waals surface area contributed by atoms with Gasteiger partial charge in [0, 0.05) is 11.5 Å². The summed E-state index contributed by atoms with van der Waals surface area (Å²) in [6.07, 6.45) is 5.62. The molecule has 1 aliphatic heterocycles. The van der Waals surface area contributed by atoms with Crippen LogP contribution in [0.1, 0.15) is 32.6 Å². The minimum absolute atomic E-state index is 0.0466. The molecule has 1 heterocycles. The average molecular weight is 264 g/mol. The normalized spacial score (nSPS) is 48.8. The summed E-state index contributed by atoms with van der Waals surface area (Å²) in [4.78, 5) is 11.3. The highest BCUT2D eigenvalue weighted by Crippen LogP contribution is 2.71. The van der Waals surface area contributed by atoms with Crippen LogP contribution >= 0.6 is 0 Å². The highest BCUT2D eigenvalue weighted by Gasteiger charge is 2.77. The van der Waals surface area contributed by atoms with E-state index in [1.165, 1.54) is 19.3 Å². The molecule has 0 aromatic heterocycles. The molecule has 1 spiro atoms. The molecule has 0 N–H and O–H groups in total. The number of hydrogen-bond donors (Lipinski definition) is 0. The molecule has 4 fully saturated rings. The Morgan fingerprint density at radius 2 is 2.21 bits per heavy atom. The molecule has 2 bridgehead atoms. The molecule has 3 saturated carbocycles. The van der Waals surface area contributed by atoms with Gasteiger partial charge in [-0.2, -0.15) is 0 Å². The molecule has 1 saturated heterocycles. The first-order chi connectivity index (χ1) is 9.13. The summed E-state index contributed by atoms with van der Waals surface area (Å²) in [5.74, 6) is 1.69. The van der Waals surface area contributed by atoms with E-state index in [1.807, 2.05) is 0 Å². The monoisotopic (exact) mass is 264 g/mol. The highest BCUT2D eigenvalue weighted by molar-refractivity contribution is 5.86. The Morgan fingerprint density at radius 3 is 2.95 bits per heavy atom. The second-order valence-corrected chi connectivity index (χ2v) is 6.52. The van der Waals surface area contributed by atoms with Gasteiger partial charge in [-0.05, 0) is 44.4 Å². The van der Waals surface area contributed by atoms with Gasteiger partial charge in [0.1, 0.15) is 5.60 Å². The molecule has 0 amide bonds. The van der Waals surface area contributed by atoms with Crippen LogP contribution in [-0.4, -0.2) is 30.6 Å². The van der Waals surface area contributed by atoms with Crippen molar-refractivity contribution < 1.29 is 19.0 Å². The summed E-state index contributed by atoms with van der Waals surface area (Å²) in [5.41, 5.74) is 0.572. The third-order valence-electron chi connectivity index (χ3n) is 5.62. The lowest BCUT2D eigenvalue weighted by molar-refractivity contribution is -0.161. The average Bonchev–Trinajstić information content (AvgIpc) is 2.76. The third kappa shape index (κ3) is 1.50. The maximum atomic E-state index is 11.3. The fourth-order valence-electron chi connectivity index (χ4n) is 4.91. The molecule has 4 rings (SSSR count). The van der Waals surface area contributed by atoms with E-state index in [9.17, 15) is 4.79 Å². The molecule has 6 unspecified atom stereocenters. The number of fused-ring (bicyclic) bond motifs is 3. The van der Waals surface area contributed by atoms with E-state index in [4.69, 9.17) is 14.2 Å². The summed E-state index contributed by atoms with van der Waals surface area (Å²) in [6, 6.07) is 0. The predicted octanol–water partition coefficient (Wildman–Crippen LogP) is 2.04. The fraction of sp³-hybridized carbons (Fsp3) is 0.800. The molecule has 4 heteroatoms. The van der Waals surface area contributed by atoms with E-state index in [0.717, 1.165) is 18.3 Å². The molecule has 0 aromatic rings. The predicted molar refractivity (Wildman–Crippen MR) is 67.2 cm³/mol. The molecule has 4 nitrogen and oxygen atoms in total. The maximum Gasteiger partial charge on any atom is 0.335 e. The Bertz CT molecular complexity index is 445. The van der Waals surface area contributed by atoms with Gasteiger partial charge in [0.25, 0.3) is 0 Å². The summed E-state index contributed by atoms with van der Waals surface area (Å²) in [6.45, 7) is 5.24. The SMILES string of the molecule is C=C(C)C(=O)OCOC1CC2CC1C13OC1CCC23. The number of esters is 1. The van der Waals surface area contributed by atoms with Crippen LogP contribution in [0.25, 0.3) is 0 Å². The van der Waals surface area contributed by atoms with Crippen molar-refractivity contribution in [3.8, 4) is 0 Å². The minimum atomic E-state index is -0.374. The zero-order valence-electron chi connectivity index (χ0n) is 11.3. The van der Waals surface area contributed by atoms with Crippen molar-refractivity contribution in [3.05, 3.63) is 12.2 Å². The van der Waals surface area contributed by atoms with Gasteiger partial charge in [-0.3, -0.25) is 0 Å². The number of carbonyl (C=O) groups is 1. The second-order valence-electron chi connectivity index (χ2n) is 6.52. The Kier molecular flexibility index (Phi) is 2.40. The van der Waals surface area contributed by atoms with Crippen LogP contribution in [-0.2, 0) is 19.0 Å².